The maximum atomic E-state index is 12.6. The first-order chi connectivity index (χ1) is 15.1. The van der Waals surface area contributed by atoms with Crippen LogP contribution < -0.4 is 14.8 Å². The zero-order chi connectivity index (χ0) is 22.1. The minimum Gasteiger partial charge on any atom is -0.493 e. The van der Waals surface area contributed by atoms with E-state index in [0.29, 0.717) is 29.2 Å². The molecule has 0 unspecified atom stereocenters. The van der Waals surface area contributed by atoms with Gasteiger partial charge < -0.3 is 19.5 Å². The quantitative estimate of drug-likeness (QED) is 0.524. The van der Waals surface area contributed by atoms with Crippen molar-refractivity contribution in [3.05, 3.63) is 89.5 Å². The fourth-order valence-corrected chi connectivity index (χ4v) is 3.18. The Bertz CT molecular complexity index is 1030. The first kappa shape index (κ1) is 21.9. The molecular formula is C25H25NO5. The van der Waals surface area contributed by atoms with Crippen molar-refractivity contribution in [1.82, 2.24) is 0 Å². The van der Waals surface area contributed by atoms with E-state index < -0.39 is 11.9 Å². The lowest BCUT2D eigenvalue weighted by Gasteiger charge is -2.12. The Hall–Kier alpha value is -3.80. The predicted octanol–water partition coefficient (Wildman–Crippen LogP) is 4.28. The third kappa shape index (κ3) is 6.09. The van der Waals surface area contributed by atoms with Gasteiger partial charge >= 0.3 is 5.97 Å². The van der Waals surface area contributed by atoms with Crippen molar-refractivity contribution in [3.63, 3.8) is 0 Å². The topological polar surface area (TPSA) is 73.9 Å². The number of amides is 1. The number of benzene rings is 3. The van der Waals surface area contributed by atoms with Crippen molar-refractivity contribution < 1.29 is 23.8 Å². The standard InChI is InChI=1S/C25H25NO5/c1-29-22-15-14-20(16-23(22)30-2)26-24(27)17-31-25(28)21-11-7-6-10-19(21)13-12-18-8-4-3-5-9-18/h3-11,14-16H,12-13,17H2,1-2H3,(H,26,27). The Balaban J connectivity index is 1.57. The van der Waals surface area contributed by atoms with Crippen molar-refractivity contribution in [2.45, 2.75) is 12.8 Å². The Morgan fingerprint density at radius 1 is 0.806 bits per heavy atom. The van der Waals surface area contributed by atoms with Crippen molar-refractivity contribution in [2.24, 2.45) is 0 Å². The van der Waals surface area contributed by atoms with Crippen LogP contribution in [0.1, 0.15) is 21.5 Å². The molecule has 3 aromatic rings. The van der Waals surface area contributed by atoms with E-state index in [4.69, 9.17) is 14.2 Å². The summed E-state index contributed by atoms with van der Waals surface area (Å²) in [4.78, 5) is 24.8. The van der Waals surface area contributed by atoms with Gasteiger partial charge in [0.2, 0.25) is 0 Å². The first-order valence-corrected chi connectivity index (χ1v) is 9.91. The zero-order valence-corrected chi connectivity index (χ0v) is 17.6. The molecule has 0 radical (unpaired) electrons. The molecule has 0 spiro atoms. The molecule has 0 heterocycles. The highest BCUT2D eigenvalue weighted by Gasteiger charge is 2.15. The average molecular weight is 419 g/mol. The molecule has 6 heteroatoms. The molecule has 6 nitrogen and oxygen atoms in total. The molecule has 160 valence electrons. The highest BCUT2D eigenvalue weighted by atomic mass is 16.5. The van der Waals surface area contributed by atoms with Gasteiger partial charge in [-0.2, -0.15) is 0 Å². The van der Waals surface area contributed by atoms with E-state index in [0.717, 1.165) is 12.0 Å². The van der Waals surface area contributed by atoms with E-state index in [9.17, 15) is 9.59 Å². The highest BCUT2D eigenvalue weighted by Crippen LogP contribution is 2.29. The lowest BCUT2D eigenvalue weighted by molar-refractivity contribution is -0.119. The molecule has 0 aliphatic carbocycles. The summed E-state index contributed by atoms with van der Waals surface area (Å²) in [5.41, 5.74) is 3.07. The SMILES string of the molecule is COc1ccc(NC(=O)COC(=O)c2ccccc2CCc2ccccc2)cc1OC. The summed E-state index contributed by atoms with van der Waals surface area (Å²) in [7, 11) is 3.05. The average Bonchev–Trinajstić information content (AvgIpc) is 2.82. The smallest absolute Gasteiger partial charge is 0.338 e. The Kier molecular flexibility index (Phi) is 7.65. The van der Waals surface area contributed by atoms with Gasteiger partial charge in [-0.1, -0.05) is 48.5 Å². The largest absolute Gasteiger partial charge is 0.493 e. The van der Waals surface area contributed by atoms with Crippen molar-refractivity contribution in [3.8, 4) is 11.5 Å². The summed E-state index contributed by atoms with van der Waals surface area (Å²) in [5, 5.41) is 2.68. The van der Waals surface area contributed by atoms with Crippen LogP contribution in [-0.2, 0) is 22.4 Å². The van der Waals surface area contributed by atoms with Crippen LogP contribution in [0.15, 0.2) is 72.8 Å². The number of carbonyl (C=O) groups is 2. The third-order valence-electron chi connectivity index (χ3n) is 4.76. The number of carbonyl (C=O) groups excluding carboxylic acids is 2. The van der Waals surface area contributed by atoms with Gasteiger partial charge in [0.15, 0.2) is 18.1 Å². The predicted molar refractivity (Wildman–Crippen MR) is 119 cm³/mol. The van der Waals surface area contributed by atoms with Gasteiger partial charge in [0, 0.05) is 11.8 Å². The molecule has 0 atom stereocenters. The number of hydrogen-bond donors (Lipinski definition) is 1. The van der Waals surface area contributed by atoms with Crippen molar-refractivity contribution in [1.29, 1.82) is 0 Å². The number of ether oxygens (including phenoxy) is 3. The Morgan fingerprint density at radius 3 is 2.26 bits per heavy atom. The second kappa shape index (κ2) is 10.8. The summed E-state index contributed by atoms with van der Waals surface area (Å²) in [5.74, 6) is 0.0807. The van der Waals surface area contributed by atoms with E-state index in [-0.39, 0.29) is 6.61 Å². The van der Waals surface area contributed by atoms with Gasteiger partial charge in [0.1, 0.15) is 0 Å². The van der Waals surface area contributed by atoms with E-state index >= 15 is 0 Å². The van der Waals surface area contributed by atoms with Crippen molar-refractivity contribution >= 4 is 17.6 Å². The van der Waals surface area contributed by atoms with Crippen LogP contribution in [0, 0.1) is 0 Å². The fraction of sp³-hybridized carbons (Fsp3) is 0.200. The lowest BCUT2D eigenvalue weighted by atomic mass is 10.00. The van der Waals surface area contributed by atoms with Crippen LogP contribution in [0.25, 0.3) is 0 Å². The van der Waals surface area contributed by atoms with Gasteiger partial charge in [0.25, 0.3) is 5.91 Å². The van der Waals surface area contributed by atoms with Crippen LogP contribution in [0.3, 0.4) is 0 Å². The second-order valence-corrected chi connectivity index (χ2v) is 6.84. The summed E-state index contributed by atoms with van der Waals surface area (Å²) >= 11 is 0. The summed E-state index contributed by atoms with van der Waals surface area (Å²) in [6, 6.07) is 22.4. The molecular weight excluding hydrogens is 394 g/mol. The number of anilines is 1. The van der Waals surface area contributed by atoms with Crippen LogP contribution in [0.2, 0.25) is 0 Å². The van der Waals surface area contributed by atoms with Gasteiger partial charge in [-0.3, -0.25) is 4.79 Å². The monoisotopic (exact) mass is 419 g/mol. The number of hydrogen-bond acceptors (Lipinski definition) is 5. The van der Waals surface area contributed by atoms with E-state index in [1.165, 1.54) is 19.8 Å². The maximum absolute atomic E-state index is 12.6. The minimum atomic E-state index is -0.522. The summed E-state index contributed by atoms with van der Waals surface area (Å²) in [6.45, 7) is -0.389. The zero-order valence-electron chi connectivity index (χ0n) is 17.6. The number of methoxy groups -OCH3 is 2. The summed E-state index contributed by atoms with van der Waals surface area (Å²) in [6.07, 6.45) is 1.51. The molecule has 0 aromatic heterocycles. The first-order valence-electron chi connectivity index (χ1n) is 9.91. The van der Waals surface area contributed by atoms with Gasteiger partial charge in [-0.15, -0.1) is 0 Å². The molecule has 0 bridgehead atoms. The molecule has 0 aliphatic heterocycles. The van der Waals surface area contributed by atoms with Gasteiger partial charge in [-0.25, -0.2) is 4.79 Å². The molecule has 1 N–H and O–H groups in total. The van der Waals surface area contributed by atoms with E-state index in [2.05, 4.69) is 17.4 Å². The van der Waals surface area contributed by atoms with Crippen LogP contribution in [0.4, 0.5) is 5.69 Å². The highest BCUT2D eigenvalue weighted by molar-refractivity contribution is 5.96. The Labute approximate surface area is 181 Å². The number of nitrogens with one attached hydrogen (secondary N) is 1. The van der Waals surface area contributed by atoms with Gasteiger partial charge in [0.05, 0.1) is 19.8 Å². The molecule has 3 rings (SSSR count). The van der Waals surface area contributed by atoms with E-state index in [1.54, 1.807) is 30.3 Å². The lowest BCUT2D eigenvalue weighted by Crippen LogP contribution is -2.21. The fourth-order valence-electron chi connectivity index (χ4n) is 3.18. The molecule has 0 saturated carbocycles. The molecule has 0 aliphatic rings. The summed E-state index contributed by atoms with van der Waals surface area (Å²) < 4.78 is 15.6. The normalized spacial score (nSPS) is 10.3. The molecule has 0 fully saturated rings. The third-order valence-corrected chi connectivity index (χ3v) is 4.76. The van der Waals surface area contributed by atoms with E-state index in [1.807, 2.05) is 30.3 Å². The number of rotatable bonds is 9. The minimum absolute atomic E-state index is 0.389. The Morgan fingerprint density at radius 2 is 1.52 bits per heavy atom. The molecule has 31 heavy (non-hydrogen) atoms. The van der Waals surface area contributed by atoms with Crippen molar-refractivity contribution in [2.75, 3.05) is 26.1 Å². The van der Waals surface area contributed by atoms with Crippen LogP contribution in [-0.4, -0.2) is 32.7 Å². The van der Waals surface area contributed by atoms with Gasteiger partial charge in [-0.05, 0) is 42.2 Å². The van der Waals surface area contributed by atoms with Crippen LogP contribution in [0.5, 0.6) is 11.5 Å². The number of aryl methyl sites for hydroxylation is 2. The maximum Gasteiger partial charge on any atom is 0.338 e. The number of esters is 1. The van der Waals surface area contributed by atoms with Crippen LogP contribution >= 0.6 is 0 Å². The molecule has 0 saturated heterocycles. The molecule has 1 amide bonds. The molecule has 3 aromatic carbocycles. The second-order valence-electron chi connectivity index (χ2n) is 6.84.